The number of nitrogens with one attached hydrogen (secondary N) is 1. The highest BCUT2D eigenvalue weighted by Gasteiger charge is 2.12. The standard InChI is InChI=1S/C14H19N3/c1-11-6-4-5-7-13(11)14(15-3)10-17-12(2)8-9-16-17/h4-9,14-15H,10H2,1-3H3. The Labute approximate surface area is 102 Å². The highest BCUT2D eigenvalue weighted by molar-refractivity contribution is 5.28. The van der Waals surface area contributed by atoms with E-state index in [1.165, 1.54) is 16.8 Å². The van der Waals surface area contributed by atoms with Crippen molar-refractivity contribution >= 4 is 0 Å². The molecule has 0 spiro atoms. The van der Waals surface area contributed by atoms with Gasteiger partial charge >= 0.3 is 0 Å². The van der Waals surface area contributed by atoms with Crippen molar-refractivity contribution in [2.24, 2.45) is 0 Å². The fraction of sp³-hybridized carbons (Fsp3) is 0.357. The molecule has 0 aliphatic carbocycles. The van der Waals surface area contributed by atoms with Gasteiger partial charge in [0, 0.05) is 11.9 Å². The first-order valence-corrected chi connectivity index (χ1v) is 5.93. The molecule has 0 saturated heterocycles. The molecule has 1 atom stereocenters. The Kier molecular flexibility index (Phi) is 3.59. The van der Waals surface area contributed by atoms with Crippen LogP contribution in [-0.2, 0) is 6.54 Å². The summed E-state index contributed by atoms with van der Waals surface area (Å²) in [6, 6.07) is 10.8. The summed E-state index contributed by atoms with van der Waals surface area (Å²) in [6.07, 6.45) is 1.85. The zero-order valence-corrected chi connectivity index (χ0v) is 10.6. The lowest BCUT2D eigenvalue weighted by atomic mass is 10.0. The Morgan fingerprint density at radius 3 is 2.59 bits per heavy atom. The zero-order valence-electron chi connectivity index (χ0n) is 10.6. The number of rotatable bonds is 4. The maximum atomic E-state index is 4.34. The summed E-state index contributed by atoms with van der Waals surface area (Å²) in [5.74, 6) is 0. The minimum absolute atomic E-state index is 0.301. The molecule has 1 aromatic heterocycles. The van der Waals surface area contributed by atoms with Crippen LogP contribution >= 0.6 is 0 Å². The van der Waals surface area contributed by atoms with Crippen molar-refractivity contribution < 1.29 is 0 Å². The molecule has 17 heavy (non-hydrogen) atoms. The second kappa shape index (κ2) is 5.15. The maximum absolute atomic E-state index is 4.34. The Morgan fingerprint density at radius 2 is 2.00 bits per heavy atom. The van der Waals surface area contributed by atoms with Crippen LogP contribution in [0.2, 0.25) is 0 Å². The van der Waals surface area contributed by atoms with Crippen LogP contribution in [0.4, 0.5) is 0 Å². The number of hydrogen-bond acceptors (Lipinski definition) is 2. The highest BCUT2D eigenvalue weighted by Crippen LogP contribution is 2.19. The Hall–Kier alpha value is -1.61. The van der Waals surface area contributed by atoms with Crippen LogP contribution in [0, 0.1) is 13.8 Å². The third-order valence-corrected chi connectivity index (χ3v) is 3.20. The third kappa shape index (κ3) is 2.56. The Morgan fingerprint density at radius 1 is 1.24 bits per heavy atom. The average molecular weight is 229 g/mol. The molecule has 0 aliphatic rings. The Bertz CT molecular complexity index is 488. The molecule has 0 bridgehead atoms. The average Bonchev–Trinajstić information content (AvgIpc) is 2.73. The first-order valence-electron chi connectivity index (χ1n) is 5.93. The summed E-state index contributed by atoms with van der Waals surface area (Å²) in [5.41, 5.74) is 3.85. The molecular weight excluding hydrogens is 210 g/mol. The van der Waals surface area contributed by atoms with Gasteiger partial charge in [-0.25, -0.2) is 0 Å². The highest BCUT2D eigenvalue weighted by atomic mass is 15.3. The third-order valence-electron chi connectivity index (χ3n) is 3.20. The number of likely N-dealkylation sites (N-methyl/N-ethyl adjacent to an activating group) is 1. The molecule has 1 N–H and O–H groups in total. The molecule has 1 heterocycles. The summed E-state index contributed by atoms with van der Waals surface area (Å²) >= 11 is 0. The molecule has 2 aromatic rings. The molecule has 0 radical (unpaired) electrons. The van der Waals surface area contributed by atoms with Crippen LogP contribution in [-0.4, -0.2) is 16.8 Å². The van der Waals surface area contributed by atoms with Gasteiger partial charge in [-0.2, -0.15) is 5.10 Å². The lowest BCUT2D eigenvalue weighted by Gasteiger charge is -2.19. The van der Waals surface area contributed by atoms with Crippen molar-refractivity contribution in [3.05, 3.63) is 53.3 Å². The summed E-state index contributed by atoms with van der Waals surface area (Å²) in [4.78, 5) is 0. The van der Waals surface area contributed by atoms with E-state index in [1.807, 2.05) is 24.0 Å². The molecule has 3 heteroatoms. The largest absolute Gasteiger partial charge is 0.311 e. The van der Waals surface area contributed by atoms with Gasteiger partial charge in [0.25, 0.3) is 0 Å². The minimum Gasteiger partial charge on any atom is -0.311 e. The second-order valence-corrected chi connectivity index (χ2v) is 4.35. The first-order chi connectivity index (χ1) is 8.22. The van der Waals surface area contributed by atoms with Crippen LogP contribution in [0.3, 0.4) is 0 Å². The van der Waals surface area contributed by atoms with Gasteiger partial charge in [0.1, 0.15) is 0 Å². The van der Waals surface area contributed by atoms with Crippen molar-refractivity contribution in [2.75, 3.05) is 7.05 Å². The number of aromatic nitrogens is 2. The van der Waals surface area contributed by atoms with Gasteiger partial charge < -0.3 is 5.32 Å². The molecular formula is C14H19N3. The molecule has 0 amide bonds. The van der Waals surface area contributed by atoms with E-state index >= 15 is 0 Å². The van der Waals surface area contributed by atoms with Crippen LogP contribution in [0.5, 0.6) is 0 Å². The summed E-state index contributed by atoms with van der Waals surface area (Å²) in [7, 11) is 2.00. The predicted molar refractivity (Wildman–Crippen MR) is 69.9 cm³/mol. The van der Waals surface area contributed by atoms with E-state index in [0.717, 1.165) is 6.54 Å². The summed E-state index contributed by atoms with van der Waals surface area (Å²) in [5, 5.41) is 7.70. The van der Waals surface area contributed by atoms with E-state index in [1.54, 1.807) is 0 Å². The van der Waals surface area contributed by atoms with Gasteiger partial charge in [0.15, 0.2) is 0 Å². The molecule has 1 aromatic carbocycles. The molecule has 2 rings (SSSR count). The number of aryl methyl sites for hydroxylation is 2. The van der Waals surface area contributed by atoms with Crippen molar-refractivity contribution in [3.63, 3.8) is 0 Å². The quantitative estimate of drug-likeness (QED) is 0.872. The van der Waals surface area contributed by atoms with E-state index in [4.69, 9.17) is 0 Å². The maximum Gasteiger partial charge on any atom is 0.0607 e. The summed E-state index contributed by atoms with van der Waals surface area (Å²) < 4.78 is 2.04. The fourth-order valence-corrected chi connectivity index (χ4v) is 2.09. The van der Waals surface area contributed by atoms with Crippen molar-refractivity contribution in [2.45, 2.75) is 26.4 Å². The molecule has 0 fully saturated rings. The summed E-state index contributed by atoms with van der Waals surface area (Å²) in [6.45, 7) is 5.09. The van der Waals surface area contributed by atoms with E-state index < -0.39 is 0 Å². The number of benzene rings is 1. The molecule has 0 saturated carbocycles. The predicted octanol–water partition coefficient (Wildman–Crippen LogP) is 2.46. The van der Waals surface area contributed by atoms with Crippen LogP contribution in [0.1, 0.15) is 22.9 Å². The lowest BCUT2D eigenvalue weighted by molar-refractivity contribution is 0.460. The van der Waals surface area contributed by atoms with Gasteiger partial charge in [-0.05, 0) is 38.1 Å². The number of nitrogens with zero attached hydrogens (tertiary/aromatic N) is 2. The minimum atomic E-state index is 0.301. The SMILES string of the molecule is CNC(Cn1nccc1C)c1ccccc1C. The molecule has 3 nitrogen and oxygen atoms in total. The monoisotopic (exact) mass is 229 g/mol. The molecule has 90 valence electrons. The van der Waals surface area contributed by atoms with Gasteiger partial charge in [-0.1, -0.05) is 24.3 Å². The van der Waals surface area contributed by atoms with Crippen molar-refractivity contribution in [1.29, 1.82) is 0 Å². The smallest absolute Gasteiger partial charge is 0.0607 e. The van der Waals surface area contributed by atoms with Gasteiger partial charge in [0.2, 0.25) is 0 Å². The van der Waals surface area contributed by atoms with Crippen LogP contribution in [0.25, 0.3) is 0 Å². The van der Waals surface area contributed by atoms with Gasteiger partial charge in [-0.15, -0.1) is 0 Å². The zero-order chi connectivity index (χ0) is 12.3. The van der Waals surface area contributed by atoms with Gasteiger partial charge in [-0.3, -0.25) is 4.68 Å². The van der Waals surface area contributed by atoms with Crippen molar-refractivity contribution in [1.82, 2.24) is 15.1 Å². The molecule has 0 aliphatic heterocycles. The number of hydrogen-bond donors (Lipinski definition) is 1. The normalized spacial score (nSPS) is 12.6. The Balaban J connectivity index is 2.23. The fourth-order valence-electron chi connectivity index (χ4n) is 2.09. The topological polar surface area (TPSA) is 29.9 Å². The van der Waals surface area contributed by atoms with Gasteiger partial charge in [0.05, 0.1) is 12.6 Å². The van der Waals surface area contributed by atoms with E-state index in [-0.39, 0.29) is 0 Å². The van der Waals surface area contributed by atoms with Crippen LogP contribution in [0.15, 0.2) is 36.5 Å². The molecule has 1 unspecified atom stereocenters. The van der Waals surface area contributed by atoms with E-state index in [0.29, 0.717) is 6.04 Å². The second-order valence-electron chi connectivity index (χ2n) is 4.35. The lowest BCUT2D eigenvalue weighted by Crippen LogP contribution is -2.23. The van der Waals surface area contributed by atoms with E-state index in [9.17, 15) is 0 Å². The van der Waals surface area contributed by atoms with Crippen molar-refractivity contribution in [3.8, 4) is 0 Å². The van der Waals surface area contributed by atoms with Crippen LogP contribution < -0.4 is 5.32 Å². The van der Waals surface area contributed by atoms with E-state index in [2.05, 4.69) is 48.5 Å². The first kappa shape index (κ1) is 11.9.